The topological polar surface area (TPSA) is 70.4 Å². The Hall–Kier alpha value is -3.02. The largest absolute Gasteiger partial charge is 0.508 e. The monoisotopic (exact) mass is 434 g/mol. The first-order chi connectivity index (χ1) is 15.5. The van der Waals surface area contributed by atoms with Gasteiger partial charge in [-0.15, -0.1) is 0 Å². The van der Waals surface area contributed by atoms with Crippen LogP contribution in [0.15, 0.2) is 42.5 Å². The number of carbonyl (C=O) groups excluding carboxylic acids is 1. The molecule has 2 amide bonds. The summed E-state index contributed by atoms with van der Waals surface area (Å²) in [4.78, 5) is 19.5. The van der Waals surface area contributed by atoms with Gasteiger partial charge in [-0.1, -0.05) is 44.7 Å². The Bertz CT molecular complexity index is 1050. The number of fused-ring (bicyclic) bond motifs is 1. The van der Waals surface area contributed by atoms with Crippen LogP contribution in [0.4, 0.5) is 10.5 Å². The van der Waals surface area contributed by atoms with Crippen molar-refractivity contribution in [2.75, 3.05) is 11.9 Å². The van der Waals surface area contributed by atoms with Crippen molar-refractivity contribution >= 4 is 22.8 Å². The number of aryl methyl sites for hydroxylation is 1. The second-order valence-electron chi connectivity index (χ2n) is 8.90. The van der Waals surface area contributed by atoms with Gasteiger partial charge in [0.1, 0.15) is 11.6 Å². The van der Waals surface area contributed by atoms with Gasteiger partial charge in [-0.3, -0.25) is 4.90 Å². The third kappa shape index (κ3) is 5.06. The molecule has 3 aromatic rings. The van der Waals surface area contributed by atoms with Crippen LogP contribution in [0.1, 0.15) is 63.3 Å². The molecule has 1 saturated carbocycles. The van der Waals surface area contributed by atoms with Crippen molar-refractivity contribution < 1.29 is 9.90 Å². The van der Waals surface area contributed by atoms with E-state index in [0.29, 0.717) is 6.54 Å². The van der Waals surface area contributed by atoms with E-state index in [1.807, 2.05) is 31.3 Å². The molecule has 6 heteroatoms. The third-order valence-electron chi connectivity index (χ3n) is 6.47. The molecule has 1 aliphatic rings. The average Bonchev–Trinajstić information content (AvgIpc) is 3.15. The molecule has 32 heavy (non-hydrogen) atoms. The van der Waals surface area contributed by atoms with Crippen molar-refractivity contribution in [3.63, 3.8) is 0 Å². The van der Waals surface area contributed by atoms with Crippen molar-refractivity contribution in [3.05, 3.63) is 53.9 Å². The Balaban J connectivity index is 1.62. The highest BCUT2D eigenvalue weighted by Gasteiger charge is 2.20. The van der Waals surface area contributed by atoms with Crippen LogP contribution < -0.4 is 10.2 Å². The van der Waals surface area contributed by atoms with Gasteiger partial charge in [0.05, 0.1) is 11.0 Å². The Kier molecular flexibility index (Phi) is 6.98. The highest BCUT2D eigenvalue weighted by Crippen LogP contribution is 2.26. The van der Waals surface area contributed by atoms with Gasteiger partial charge in [0.25, 0.3) is 0 Å². The first-order valence-electron chi connectivity index (χ1n) is 11.9. The van der Waals surface area contributed by atoms with Crippen LogP contribution >= 0.6 is 0 Å². The third-order valence-corrected chi connectivity index (χ3v) is 6.47. The maximum Gasteiger partial charge on any atom is 0.321 e. The number of nitrogens with one attached hydrogen (secondary N) is 1. The van der Waals surface area contributed by atoms with Crippen molar-refractivity contribution in [2.45, 2.75) is 70.9 Å². The number of nitrogens with zero attached hydrogens (tertiary/aromatic N) is 3. The zero-order valence-corrected chi connectivity index (χ0v) is 19.2. The van der Waals surface area contributed by atoms with E-state index in [-0.39, 0.29) is 17.8 Å². The number of amides is 2. The van der Waals surface area contributed by atoms with Crippen LogP contribution in [0.3, 0.4) is 0 Å². The van der Waals surface area contributed by atoms with Crippen molar-refractivity contribution in [3.8, 4) is 5.75 Å². The minimum atomic E-state index is -0.0490. The number of imidazole rings is 1. The number of phenolic OH excluding ortho intramolecular Hbond substituents is 1. The summed E-state index contributed by atoms with van der Waals surface area (Å²) >= 11 is 0. The van der Waals surface area contributed by atoms with E-state index in [0.717, 1.165) is 60.2 Å². The molecule has 0 radical (unpaired) electrons. The minimum absolute atomic E-state index is 0.0490. The predicted molar refractivity (Wildman–Crippen MR) is 129 cm³/mol. The Morgan fingerprint density at radius 3 is 2.62 bits per heavy atom. The predicted octanol–water partition coefficient (Wildman–Crippen LogP) is 5.61. The van der Waals surface area contributed by atoms with Gasteiger partial charge in [-0.2, -0.15) is 0 Å². The van der Waals surface area contributed by atoms with Crippen molar-refractivity contribution in [1.82, 2.24) is 14.9 Å². The van der Waals surface area contributed by atoms with Crippen LogP contribution in [-0.4, -0.2) is 33.8 Å². The number of aromatic hydroxyl groups is 1. The maximum absolute atomic E-state index is 12.9. The summed E-state index contributed by atoms with van der Waals surface area (Å²) in [6.07, 6.45) is 8.89. The molecule has 0 atom stereocenters. The number of phenols is 1. The number of anilines is 1. The van der Waals surface area contributed by atoms with Gasteiger partial charge in [0.15, 0.2) is 0 Å². The molecule has 2 N–H and O–H groups in total. The van der Waals surface area contributed by atoms with Gasteiger partial charge in [-0.25, -0.2) is 9.78 Å². The highest BCUT2D eigenvalue weighted by molar-refractivity contribution is 5.94. The van der Waals surface area contributed by atoms with Crippen LogP contribution in [0.2, 0.25) is 0 Å². The molecule has 1 heterocycles. The van der Waals surface area contributed by atoms with Crippen molar-refractivity contribution in [2.24, 2.45) is 0 Å². The lowest BCUT2D eigenvalue weighted by atomic mass is 9.96. The lowest BCUT2D eigenvalue weighted by Gasteiger charge is -2.26. The molecule has 6 nitrogen and oxygen atoms in total. The molecule has 0 aliphatic heterocycles. The van der Waals surface area contributed by atoms with Crippen molar-refractivity contribution in [1.29, 1.82) is 0 Å². The molecule has 0 unspecified atom stereocenters. The maximum atomic E-state index is 12.9. The van der Waals surface area contributed by atoms with Gasteiger partial charge in [0, 0.05) is 31.7 Å². The van der Waals surface area contributed by atoms with Crippen LogP contribution in [-0.2, 0) is 13.0 Å². The molecule has 2 aromatic carbocycles. The fourth-order valence-electron chi connectivity index (χ4n) is 4.49. The number of hydrogen-bond donors (Lipinski definition) is 2. The van der Waals surface area contributed by atoms with E-state index in [9.17, 15) is 9.90 Å². The zero-order chi connectivity index (χ0) is 22.5. The lowest BCUT2D eigenvalue weighted by molar-refractivity contribution is 0.239. The normalized spacial score (nSPS) is 14.6. The first-order valence-corrected chi connectivity index (χ1v) is 11.9. The molecular formula is C26H34N4O2. The lowest BCUT2D eigenvalue weighted by Crippen LogP contribution is -2.43. The summed E-state index contributed by atoms with van der Waals surface area (Å²) in [7, 11) is 1.83. The van der Waals surface area contributed by atoms with E-state index in [2.05, 4.69) is 22.9 Å². The SMILES string of the molecule is CCCCc1nc2ccc(N(C)C(=O)NC3CCCCC3)cc2n1Cc1ccc(O)cc1. The Morgan fingerprint density at radius 2 is 1.91 bits per heavy atom. The highest BCUT2D eigenvalue weighted by atomic mass is 16.3. The molecule has 0 spiro atoms. The van der Waals surface area contributed by atoms with Crippen LogP contribution in [0.25, 0.3) is 11.0 Å². The molecule has 1 aromatic heterocycles. The summed E-state index contributed by atoms with van der Waals surface area (Å²) < 4.78 is 2.24. The summed E-state index contributed by atoms with van der Waals surface area (Å²) in [6.45, 7) is 2.86. The number of carbonyl (C=O) groups is 1. The van der Waals surface area contributed by atoms with E-state index < -0.39 is 0 Å². The van der Waals surface area contributed by atoms with Gasteiger partial charge < -0.3 is 15.0 Å². The fraction of sp³-hybridized carbons (Fsp3) is 0.462. The molecule has 0 saturated heterocycles. The minimum Gasteiger partial charge on any atom is -0.508 e. The second kappa shape index (κ2) is 10.1. The van der Waals surface area contributed by atoms with Crippen LogP contribution in [0.5, 0.6) is 5.75 Å². The molecular weight excluding hydrogens is 400 g/mol. The zero-order valence-electron chi connectivity index (χ0n) is 19.2. The number of urea groups is 1. The molecule has 170 valence electrons. The van der Waals surface area contributed by atoms with E-state index in [1.165, 1.54) is 19.3 Å². The number of benzene rings is 2. The quantitative estimate of drug-likeness (QED) is 0.508. The summed E-state index contributed by atoms with van der Waals surface area (Å²) in [5, 5.41) is 12.8. The fourth-order valence-corrected chi connectivity index (χ4v) is 4.49. The van der Waals surface area contributed by atoms with Crippen LogP contribution in [0, 0.1) is 0 Å². The molecule has 1 fully saturated rings. The van der Waals surface area contributed by atoms with E-state index in [1.54, 1.807) is 17.0 Å². The Labute approximate surface area is 190 Å². The number of unbranched alkanes of at least 4 members (excludes halogenated alkanes) is 1. The van der Waals surface area contributed by atoms with Gasteiger partial charge >= 0.3 is 6.03 Å². The number of hydrogen-bond acceptors (Lipinski definition) is 3. The first kappa shape index (κ1) is 22.2. The smallest absolute Gasteiger partial charge is 0.321 e. The summed E-state index contributed by atoms with van der Waals surface area (Å²) in [6, 6.07) is 13.6. The second-order valence-corrected chi connectivity index (χ2v) is 8.90. The average molecular weight is 435 g/mol. The van der Waals surface area contributed by atoms with E-state index >= 15 is 0 Å². The Morgan fingerprint density at radius 1 is 1.16 bits per heavy atom. The standard InChI is InChI=1S/C26H34N4O2/c1-3-4-10-25-28-23-16-13-21(29(2)26(32)27-20-8-6-5-7-9-20)17-24(23)30(25)18-19-11-14-22(31)15-12-19/h11-17,20,31H,3-10,18H2,1-2H3,(H,27,32). The molecule has 1 aliphatic carbocycles. The molecule has 4 rings (SSSR count). The van der Waals surface area contributed by atoms with E-state index in [4.69, 9.17) is 4.98 Å². The number of rotatable bonds is 7. The number of aromatic nitrogens is 2. The van der Waals surface area contributed by atoms with Gasteiger partial charge in [-0.05, 0) is 55.2 Å². The van der Waals surface area contributed by atoms with Gasteiger partial charge in [0.2, 0.25) is 0 Å². The summed E-state index contributed by atoms with van der Waals surface area (Å²) in [5.74, 6) is 1.32. The summed E-state index contributed by atoms with van der Waals surface area (Å²) in [5.41, 5.74) is 3.94. The molecule has 0 bridgehead atoms.